The summed E-state index contributed by atoms with van der Waals surface area (Å²) in [5, 5.41) is 13.0. The number of rotatable bonds is 3. The predicted octanol–water partition coefficient (Wildman–Crippen LogP) is 5.23. The minimum Gasteiger partial charge on any atom is -0.507 e. The average molecular weight is 389 g/mol. The van der Waals surface area contributed by atoms with Crippen LogP contribution in [0.2, 0.25) is 0 Å². The van der Waals surface area contributed by atoms with E-state index in [1.54, 1.807) is 6.07 Å². The molecule has 2 aromatic rings. The predicted molar refractivity (Wildman–Crippen MR) is 81.9 cm³/mol. The Balaban J connectivity index is 2.25. The van der Waals surface area contributed by atoms with Gasteiger partial charge in [0, 0.05) is 20.6 Å². The molecule has 0 aromatic heterocycles. The fourth-order valence-corrected chi connectivity index (χ4v) is 2.52. The average Bonchev–Trinajstić information content (AvgIpc) is 2.33. The quantitative estimate of drug-likeness (QED) is 0.754. The van der Waals surface area contributed by atoms with Crippen molar-refractivity contribution >= 4 is 37.5 Å². The van der Waals surface area contributed by atoms with Crippen LogP contribution in [0.4, 0.5) is 10.1 Å². The van der Waals surface area contributed by atoms with Crippen molar-refractivity contribution in [3.8, 4) is 5.75 Å². The fraction of sp³-hybridized carbons (Fsp3) is 0.143. The zero-order valence-electron chi connectivity index (χ0n) is 10.1. The van der Waals surface area contributed by atoms with Crippen LogP contribution in [0.25, 0.3) is 0 Å². The molecule has 0 aliphatic rings. The maximum absolute atomic E-state index is 13.0. The number of hydrogen-bond donors (Lipinski definition) is 2. The molecule has 0 fully saturated rings. The molecule has 0 aliphatic carbocycles. The molecule has 2 aromatic carbocycles. The van der Waals surface area contributed by atoms with Crippen molar-refractivity contribution in [1.29, 1.82) is 0 Å². The van der Waals surface area contributed by atoms with E-state index in [4.69, 9.17) is 0 Å². The van der Waals surface area contributed by atoms with Crippen LogP contribution in [0.1, 0.15) is 18.5 Å². The second-order valence-electron chi connectivity index (χ2n) is 4.19. The number of nitrogens with one attached hydrogen (secondary N) is 1. The van der Waals surface area contributed by atoms with Gasteiger partial charge in [0.05, 0.1) is 11.7 Å². The van der Waals surface area contributed by atoms with E-state index in [-0.39, 0.29) is 11.8 Å². The molecule has 0 amide bonds. The summed E-state index contributed by atoms with van der Waals surface area (Å²) in [7, 11) is 0. The van der Waals surface area contributed by atoms with E-state index in [0.29, 0.717) is 5.56 Å². The first kappa shape index (κ1) is 14.3. The van der Waals surface area contributed by atoms with E-state index in [1.165, 1.54) is 6.07 Å². The van der Waals surface area contributed by atoms with E-state index in [1.807, 2.05) is 25.1 Å². The van der Waals surface area contributed by atoms with Crippen molar-refractivity contribution in [2.24, 2.45) is 0 Å². The molecule has 0 heterocycles. The topological polar surface area (TPSA) is 32.3 Å². The lowest BCUT2D eigenvalue weighted by Crippen LogP contribution is -2.07. The zero-order chi connectivity index (χ0) is 14.0. The van der Waals surface area contributed by atoms with Crippen molar-refractivity contribution in [2.75, 3.05) is 5.32 Å². The lowest BCUT2D eigenvalue weighted by atomic mass is 10.1. The van der Waals surface area contributed by atoms with Crippen LogP contribution in [-0.2, 0) is 0 Å². The number of benzene rings is 2. The van der Waals surface area contributed by atoms with Gasteiger partial charge in [0.25, 0.3) is 0 Å². The first-order valence-corrected chi connectivity index (χ1v) is 7.26. The summed E-state index contributed by atoms with van der Waals surface area (Å²) >= 11 is 6.86. The number of hydrogen-bond acceptors (Lipinski definition) is 2. The highest BCUT2D eigenvalue weighted by atomic mass is 79.9. The lowest BCUT2D eigenvalue weighted by molar-refractivity contribution is 0.459. The van der Waals surface area contributed by atoms with Crippen LogP contribution in [0, 0.1) is 5.82 Å². The Morgan fingerprint density at radius 2 is 1.89 bits per heavy atom. The van der Waals surface area contributed by atoms with Gasteiger partial charge in [0.1, 0.15) is 11.6 Å². The number of anilines is 1. The van der Waals surface area contributed by atoms with Gasteiger partial charge >= 0.3 is 0 Å². The fourth-order valence-electron chi connectivity index (χ4n) is 1.80. The lowest BCUT2D eigenvalue weighted by Gasteiger charge is -2.18. The van der Waals surface area contributed by atoms with Gasteiger partial charge in [-0.1, -0.05) is 22.0 Å². The largest absolute Gasteiger partial charge is 0.507 e. The summed E-state index contributed by atoms with van der Waals surface area (Å²) in [6.45, 7) is 1.90. The molecular formula is C14H12Br2FNO. The SMILES string of the molecule is CC(Nc1cc(Br)ccc1Br)c1ccc(F)cc1O. The second-order valence-corrected chi connectivity index (χ2v) is 5.96. The first-order chi connectivity index (χ1) is 8.97. The molecule has 0 radical (unpaired) electrons. The summed E-state index contributed by atoms with van der Waals surface area (Å²) in [4.78, 5) is 0. The third-order valence-electron chi connectivity index (χ3n) is 2.76. The minimum atomic E-state index is -0.447. The Kier molecular flexibility index (Phi) is 4.47. The van der Waals surface area contributed by atoms with Gasteiger partial charge in [-0.25, -0.2) is 4.39 Å². The normalized spacial score (nSPS) is 12.2. The van der Waals surface area contributed by atoms with E-state index in [2.05, 4.69) is 37.2 Å². The molecule has 5 heteroatoms. The standard InChI is InChI=1S/C14H12Br2FNO/c1-8(11-4-3-10(17)7-14(11)19)18-13-6-9(15)2-5-12(13)16/h2-8,18-19H,1H3. The Bertz CT molecular complexity index is 604. The highest BCUT2D eigenvalue weighted by Gasteiger charge is 2.12. The van der Waals surface area contributed by atoms with Gasteiger partial charge in [0.15, 0.2) is 0 Å². The van der Waals surface area contributed by atoms with Crippen molar-refractivity contribution in [1.82, 2.24) is 0 Å². The number of phenolic OH excluding ortho intramolecular Hbond substituents is 1. The van der Waals surface area contributed by atoms with Crippen LogP contribution >= 0.6 is 31.9 Å². The van der Waals surface area contributed by atoms with E-state index in [9.17, 15) is 9.50 Å². The van der Waals surface area contributed by atoms with Gasteiger partial charge in [-0.3, -0.25) is 0 Å². The summed E-state index contributed by atoms with van der Waals surface area (Å²) in [5.41, 5.74) is 1.54. The third-order valence-corrected chi connectivity index (χ3v) is 3.94. The molecule has 1 atom stereocenters. The number of phenols is 1. The van der Waals surface area contributed by atoms with Crippen molar-refractivity contribution in [3.63, 3.8) is 0 Å². The molecule has 2 N–H and O–H groups in total. The Morgan fingerprint density at radius 3 is 2.58 bits per heavy atom. The molecule has 1 unspecified atom stereocenters. The van der Waals surface area contributed by atoms with E-state index < -0.39 is 5.82 Å². The van der Waals surface area contributed by atoms with Gasteiger partial charge in [0.2, 0.25) is 0 Å². The third kappa shape index (κ3) is 3.48. The van der Waals surface area contributed by atoms with E-state index >= 15 is 0 Å². The maximum Gasteiger partial charge on any atom is 0.126 e. The smallest absolute Gasteiger partial charge is 0.126 e. The number of aromatic hydroxyl groups is 1. The van der Waals surface area contributed by atoms with Crippen LogP contribution in [0.5, 0.6) is 5.75 Å². The summed E-state index contributed by atoms with van der Waals surface area (Å²) < 4.78 is 14.8. The molecule has 0 spiro atoms. The molecular weight excluding hydrogens is 377 g/mol. The molecule has 0 saturated heterocycles. The molecule has 19 heavy (non-hydrogen) atoms. The summed E-state index contributed by atoms with van der Waals surface area (Å²) in [6.07, 6.45) is 0. The summed E-state index contributed by atoms with van der Waals surface area (Å²) in [6, 6.07) is 9.66. The molecule has 2 rings (SSSR count). The Labute approximate surface area is 127 Å². The molecule has 0 saturated carbocycles. The number of halogens is 3. The zero-order valence-corrected chi connectivity index (χ0v) is 13.3. The van der Waals surface area contributed by atoms with Crippen molar-refractivity contribution < 1.29 is 9.50 Å². The van der Waals surface area contributed by atoms with Crippen LogP contribution < -0.4 is 5.32 Å². The van der Waals surface area contributed by atoms with Gasteiger partial charge in [-0.2, -0.15) is 0 Å². The highest BCUT2D eigenvalue weighted by Crippen LogP contribution is 2.32. The molecule has 2 nitrogen and oxygen atoms in total. The van der Waals surface area contributed by atoms with Gasteiger partial charge in [-0.15, -0.1) is 0 Å². The van der Waals surface area contributed by atoms with Gasteiger partial charge in [-0.05, 0) is 47.1 Å². The first-order valence-electron chi connectivity index (χ1n) is 5.67. The summed E-state index contributed by atoms with van der Waals surface area (Å²) in [5.74, 6) is -0.497. The maximum atomic E-state index is 13.0. The van der Waals surface area contributed by atoms with Gasteiger partial charge < -0.3 is 10.4 Å². The van der Waals surface area contributed by atoms with Crippen molar-refractivity contribution in [3.05, 3.63) is 56.7 Å². The minimum absolute atomic E-state index is 0.0499. The van der Waals surface area contributed by atoms with Crippen LogP contribution in [0.15, 0.2) is 45.3 Å². The van der Waals surface area contributed by atoms with Crippen LogP contribution in [0.3, 0.4) is 0 Å². The highest BCUT2D eigenvalue weighted by molar-refractivity contribution is 9.11. The Hall–Kier alpha value is -1.07. The second kappa shape index (κ2) is 5.92. The molecule has 0 bridgehead atoms. The monoisotopic (exact) mass is 387 g/mol. The van der Waals surface area contributed by atoms with Crippen molar-refractivity contribution in [2.45, 2.75) is 13.0 Å². The Morgan fingerprint density at radius 1 is 1.16 bits per heavy atom. The van der Waals surface area contributed by atoms with Crippen LogP contribution in [-0.4, -0.2) is 5.11 Å². The molecule has 0 aliphatic heterocycles. The van der Waals surface area contributed by atoms with E-state index in [0.717, 1.165) is 20.7 Å². The molecule has 100 valence electrons.